The molecular weight excluding hydrogens is 498 g/mol. The van der Waals surface area contributed by atoms with E-state index in [-0.39, 0.29) is 9.79 Å². The maximum Gasteiger partial charge on any atom is 0.264 e. The summed E-state index contributed by atoms with van der Waals surface area (Å²) in [5.41, 5.74) is 2.18. The van der Waals surface area contributed by atoms with Gasteiger partial charge in [-0.1, -0.05) is 38.1 Å². The van der Waals surface area contributed by atoms with Gasteiger partial charge in [-0.2, -0.15) is 4.31 Å². The fourth-order valence-electron chi connectivity index (χ4n) is 4.28. The lowest BCUT2D eigenvalue weighted by atomic mass is 10.0. The lowest BCUT2D eigenvalue weighted by molar-refractivity contribution is 0.102. The van der Waals surface area contributed by atoms with E-state index in [1.54, 1.807) is 56.3 Å². The van der Waals surface area contributed by atoms with Crippen LogP contribution >= 0.6 is 0 Å². The van der Waals surface area contributed by atoms with Crippen molar-refractivity contribution in [2.75, 3.05) is 29.3 Å². The number of fused-ring (bicyclic) bond motifs is 1. The molecule has 10 heteroatoms. The quantitative estimate of drug-likeness (QED) is 0.475. The molecule has 0 saturated heterocycles. The molecule has 4 rings (SSSR count). The second-order valence-electron chi connectivity index (χ2n) is 8.41. The van der Waals surface area contributed by atoms with Crippen LogP contribution in [0.1, 0.15) is 36.2 Å². The highest BCUT2D eigenvalue weighted by Gasteiger charge is 2.29. The third kappa shape index (κ3) is 5.02. The van der Waals surface area contributed by atoms with E-state index in [9.17, 15) is 21.6 Å². The van der Waals surface area contributed by atoms with Gasteiger partial charge < -0.3 is 5.32 Å². The van der Waals surface area contributed by atoms with Gasteiger partial charge >= 0.3 is 0 Å². The van der Waals surface area contributed by atoms with Crippen LogP contribution in [0.15, 0.2) is 82.6 Å². The minimum Gasteiger partial charge on any atom is -0.322 e. The molecule has 0 atom stereocenters. The first kappa shape index (κ1) is 25.9. The molecule has 0 spiro atoms. The number of benzene rings is 3. The molecule has 3 aromatic carbocycles. The highest BCUT2D eigenvalue weighted by atomic mass is 32.2. The smallest absolute Gasteiger partial charge is 0.264 e. The van der Waals surface area contributed by atoms with Crippen molar-refractivity contribution in [3.05, 3.63) is 83.9 Å². The molecule has 0 fully saturated rings. The minimum atomic E-state index is -3.74. The summed E-state index contributed by atoms with van der Waals surface area (Å²) < 4.78 is 54.7. The van der Waals surface area contributed by atoms with Gasteiger partial charge in [-0.05, 0) is 66.9 Å². The molecule has 0 radical (unpaired) electrons. The SMILES string of the molecule is CCN(CC)S(=O)(=O)c1ccc(C(=O)Nc2ccc3c(c2)N(S(=O)(=O)c2ccccc2)CCC3)cc1. The molecule has 36 heavy (non-hydrogen) atoms. The molecule has 0 aromatic heterocycles. The van der Waals surface area contributed by atoms with Crippen LogP contribution in [0, 0.1) is 0 Å². The summed E-state index contributed by atoms with van der Waals surface area (Å²) >= 11 is 0. The van der Waals surface area contributed by atoms with E-state index in [2.05, 4.69) is 5.32 Å². The summed E-state index contributed by atoms with van der Waals surface area (Å²) in [6.07, 6.45) is 1.44. The summed E-state index contributed by atoms with van der Waals surface area (Å²) in [4.78, 5) is 13.2. The molecule has 0 aliphatic carbocycles. The number of nitrogens with zero attached hydrogens (tertiary/aromatic N) is 2. The van der Waals surface area contributed by atoms with Crippen LogP contribution in [0.4, 0.5) is 11.4 Å². The van der Waals surface area contributed by atoms with Gasteiger partial charge in [-0.15, -0.1) is 0 Å². The van der Waals surface area contributed by atoms with Crippen molar-refractivity contribution >= 4 is 37.3 Å². The van der Waals surface area contributed by atoms with E-state index in [1.807, 2.05) is 6.07 Å². The summed E-state index contributed by atoms with van der Waals surface area (Å²) in [6.45, 7) is 4.61. The third-order valence-electron chi connectivity index (χ3n) is 6.21. The average Bonchev–Trinajstić information content (AvgIpc) is 2.89. The fourth-order valence-corrected chi connectivity index (χ4v) is 7.29. The first-order chi connectivity index (χ1) is 17.2. The molecule has 0 saturated carbocycles. The lowest BCUT2D eigenvalue weighted by Crippen LogP contribution is -2.35. The van der Waals surface area contributed by atoms with Crippen molar-refractivity contribution in [1.29, 1.82) is 0 Å². The van der Waals surface area contributed by atoms with Gasteiger partial charge in [-0.25, -0.2) is 16.8 Å². The molecule has 8 nitrogen and oxygen atoms in total. The molecule has 1 N–H and O–H groups in total. The Kier molecular flexibility index (Phi) is 7.49. The van der Waals surface area contributed by atoms with Crippen LogP contribution in [0.3, 0.4) is 0 Å². The number of amides is 1. The van der Waals surface area contributed by atoms with Crippen molar-refractivity contribution in [1.82, 2.24) is 4.31 Å². The standard InChI is InChI=1S/C26H29N3O5S2/c1-3-28(4-2)35(31,32)24-16-13-21(14-17-24)26(30)27-22-15-12-20-9-8-18-29(25(20)19-22)36(33,34)23-10-6-5-7-11-23/h5-7,10-17,19H,3-4,8-9,18H2,1-2H3,(H,27,30). The Labute approximate surface area is 212 Å². The Hall–Kier alpha value is -3.21. The number of anilines is 2. The van der Waals surface area contributed by atoms with Crippen LogP contribution in [0.5, 0.6) is 0 Å². The molecule has 1 aliphatic rings. The molecule has 1 amide bonds. The zero-order valence-electron chi connectivity index (χ0n) is 20.2. The lowest BCUT2D eigenvalue weighted by Gasteiger charge is -2.31. The third-order valence-corrected chi connectivity index (χ3v) is 10.1. The summed E-state index contributed by atoms with van der Waals surface area (Å²) in [6, 6.07) is 19.3. The molecule has 1 heterocycles. The van der Waals surface area contributed by atoms with Crippen LogP contribution in [-0.4, -0.2) is 46.7 Å². The highest BCUT2D eigenvalue weighted by molar-refractivity contribution is 7.92. The Bertz CT molecular complexity index is 1450. The predicted octanol–water partition coefficient (Wildman–Crippen LogP) is 4.11. The molecule has 1 aliphatic heterocycles. The zero-order chi connectivity index (χ0) is 25.9. The number of rotatable bonds is 8. The average molecular weight is 528 g/mol. The van der Waals surface area contributed by atoms with Gasteiger partial charge in [-0.3, -0.25) is 9.10 Å². The number of aryl methyl sites for hydroxylation is 1. The molecule has 0 unspecified atom stereocenters. The molecular formula is C26H29N3O5S2. The Balaban J connectivity index is 1.57. The topological polar surface area (TPSA) is 104 Å². The van der Waals surface area contributed by atoms with Gasteiger partial charge in [0.1, 0.15) is 0 Å². The van der Waals surface area contributed by atoms with E-state index >= 15 is 0 Å². The minimum absolute atomic E-state index is 0.123. The van der Waals surface area contributed by atoms with E-state index in [1.165, 1.54) is 32.9 Å². The second kappa shape index (κ2) is 10.4. The van der Waals surface area contributed by atoms with Crippen molar-refractivity contribution in [2.24, 2.45) is 0 Å². The summed E-state index contributed by atoms with van der Waals surface area (Å²) in [7, 11) is -7.36. The maximum absolute atomic E-state index is 13.3. The summed E-state index contributed by atoms with van der Waals surface area (Å²) in [5.74, 6) is -0.421. The monoisotopic (exact) mass is 527 g/mol. The zero-order valence-corrected chi connectivity index (χ0v) is 21.8. The Morgan fingerprint density at radius 1 is 0.889 bits per heavy atom. The van der Waals surface area contributed by atoms with E-state index < -0.39 is 26.0 Å². The van der Waals surface area contributed by atoms with Gasteiger partial charge in [0.25, 0.3) is 15.9 Å². The van der Waals surface area contributed by atoms with Crippen LogP contribution in [0.2, 0.25) is 0 Å². The van der Waals surface area contributed by atoms with Crippen molar-refractivity contribution in [3.63, 3.8) is 0 Å². The van der Waals surface area contributed by atoms with Crippen LogP contribution < -0.4 is 9.62 Å². The fraction of sp³-hybridized carbons (Fsp3) is 0.269. The maximum atomic E-state index is 13.3. The number of carbonyl (C=O) groups is 1. The first-order valence-electron chi connectivity index (χ1n) is 11.8. The normalized spacial score (nSPS) is 13.9. The number of carbonyl (C=O) groups excluding carboxylic acids is 1. The van der Waals surface area contributed by atoms with Gasteiger partial charge in [0.05, 0.1) is 15.5 Å². The molecule has 3 aromatic rings. The highest BCUT2D eigenvalue weighted by Crippen LogP contribution is 2.34. The number of hydrogen-bond acceptors (Lipinski definition) is 5. The second-order valence-corrected chi connectivity index (χ2v) is 12.2. The van der Waals surface area contributed by atoms with Crippen molar-refractivity contribution in [2.45, 2.75) is 36.5 Å². The van der Waals surface area contributed by atoms with E-state index in [0.29, 0.717) is 43.0 Å². The van der Waals surface area contributed by atoms with Crippen LogP contribution in [0.25, 0.3) is 0 Å². The van der Waals surface area contributed by atoms with Crippen molar-refractivity contribution in [3.8, 4) is 0 Å². The first-order valence-corrected chi connectivity index (χ1v) is 14.7. The number of hydrogen-bond donors (Lipinski definition) is 1. The van der Waals surface area contributed by atoms with E-state index in [4.69, 9.17) is 0 Å². The van der Waals surface area contributed by atoms with Crippen molar-refractivity contribution < 1.29 is 21.6 Å². The Morgan fingerprint density at radius 3 is 2.19 bits per heavy atom. The van der Waals surface area contributed by atoms with Crippen LogP contribution in [-0.2, 0) is 26.5 Å². The number of sulfonamides is 2. The Morgan fingerprint density at radius 2 is 1.56 bits per heavy atom. The number of nitrogens with one attached hydrogen (secondary N) is 1. The summed E-state index contributed by atoms with van der Waals surface area (Å²) in [5, 5.41) is 2.80. The molecule has 190 valence electrons. The van der Waals surface area contributed by atoms with Gasteiger partial charge in [0.15, 0.2) is 0 Å². The molecule has 0 bridgehead atoms. The van der Waals surface area contributed by atoms with E-state index in [0.717, 1.165) is 12.0 Å². The largest absolute Gasteiger partial charge is 0.322 e. The van der Waals surface area contributed by atoms with Gasteiger partial charge in [0.2, 0.25) is 10.0 Å². The predicted molar refractivity (Wildman–Crippen MR) is 140 cm³/mol. The van der Waals surface area contributed by atoms with Gasteiger partial charge in [0, 0.05) is 30.9 Å².